The number of aryl methyl sites for hydroxylation is 1. The van der Waals surface area contributed by atoms with Crippen molar-refractivity contribution in [1.82, 2.24) is 4.57 Å². The zero-order valence-corrected chi connectivity index (χ0v) is 11.0. The number of aromatic nitrogens is 1. The summed E-state index contributed by atoms with van der Waals surface area (Å²) in [5, 5.41) is 0. The molecule has 5 heteroatoms. The number of carbonyl (C=O) groups excluding carboxylic acids is 1. The zero-order valence-electron chi connectivity index (χ0n) is 10.1. The highest BCUT2D eigenvalue weighted by molar-refractivity contribution is 7.91. The third kappa shape index (κ3) is 2.29. The lowest BCUT2D eigenvalue weighted by atomic mass is 10.1. The smallest absolute Gasteiger partial charge is 0.152 e. The lowest BCUT2D eigenvalue weighted by Crippen LogP contribution is -2.28. The molecule has 94 valence electrons. The summed E-state index contributed by atoms with van der Waals surface area (Å²) in [4.78, 5) is 10.9. The van der Waals surface area contributed by atoms with Crippen molar-refractivity contribution in [3.05, 3.63) is 23.0 Å². The molecule has 1 saturated heterocycles. The number of hydrogen-bond donors (Lipinski definition) is 0. The Kier molecular flexibility index (Phi) is 3.12. The highest BCUT2D eigenvalue weighted by Crippen LogP contribution is 2.28. The van der Waals surface area contributed by atoms with Gasteiger partial charge in [0.2, 0.25) is 0 Å². The highest BCUT2D eigenvalue weighted by atomic mass is 32.2. The second kappa shape index (κ2) is 4.29. The molecular formula is C12H17NO3S. The van der Waals surface area contributed by atoms with Gasteiger partial charge in [0.05, 0.1) is 11.5 Å². The van der Waals surface area contributed by atoms with Crippen LogP contribution < -0.4 is 0 Å². The van der Waals surface area contributed by atoms with Crippen molar-refractivity contribution in [2.24, 2.45) is 0 Å². The minimum Gasteiger partial charge on any atom is -0.344 e. The van der Waals surface area contributed by atoms with Gasteiger partial charge >= 0.3 is 0 Å². The maximum atomic E-state index is 11.7. The predicted molar refractivity (Wildman–Crippen MR) is 66.2 cm³/mol. The van der Waals surface area contributed by atoms with Gasteiger partial charge in [-0.3, -0.25) is 4.79 Å². The predicted octanol–water partition coefficient (Wildman–Crippen LogP) is 1.67. The third-order valence-corrected chi connectivity index (χ3v) is 5.26. The van der Waals surface area contributed by atoms with E-state index < -0.39 is 9.84 Å². The molecule has 1 aliphatic rings. The second-order valence-corrected chi connectivity index (χ2v) is 6.95. The maximum absolute atomic E-state index is 11.7. The summed E-state index contributed by atoms with van der Waals surface area (Å²) in [6, 6.07) is 1.81. The van der Waals surface area contributed by atoms with Gasteiger partial charge in [-0.25, -0.2) is 8.42 Å². The summed E-state index contributed by atoms with van der Waals surface area (Å²) >= 11 is 0. The van der Waals surface area contributed by atoms with Crippen LogP contribution in [-0.2, 0) is 9.84 Å². The molecule has 0 aliphatic carbocycles. The van der Waals surface area contributed by atoms with E-state index in [0.29, 0.717) is 17.7 Å². The third-order valence-electron chi connectivity index (χ3n) is 3.45. The van der Waals surface area contributed by atoms with Crippen molar-refractivity contribution in [1.29, 1.82) is 0 Å². The fraction of sp³-hybridized carbons (Fsp3) is 0.583. The first-order valence-corrected chi connectivity index (χ1v) is 7.61. The van der Waals surface area contributed by atoms with Gasteiger partial charge in [0, 0.05) is 23.0 Å². The molecule has 17 heavy (non-hydrogen) atoms. The monoisotopic (exact) mass is 255 g/mol. The van der Waals surface area contributed by atoms with Crippen LogP contribution in [0.25, 0.3) is 0 Å². The number of aldehydes is 1. The van der Waals surface area contributed by atoms with E-state index in [0.717, 1.165) is 24.1 Å². The molecule has 0 radical (unpaired) electrons. The first kappa shape index (κ1) is 12.4. The van der Waals surface area contributed by atoms with Crippen molar-refractivity contribution in [3.63, 3.8) is 0 Å². The zero-order chi connectivity index (χ0) is 12.6. The van der Waals surface area contributed by atoms with E-state index in [1.165, 1.54) is 0 Å². The van der Waals surface area contributed by atoms with Crippen LogP contribution in [0.2, 0.25) is 0 Å². The van der Waals surface area contributed by atoms with Crippen LogP contribution >= 0.6 is 0 Å². The fourth-order valence-electron chi connectivity index (χ4n) is 2.69. The molecule has 0 bridgehead atoms. The summed E-state index contributed by atoms with van der Waals surface area (Å²) < 4.78 is 25.3. The second-order valence-electron chi connectivity index (χ2n) is 4.72. The molecule has 0 N–H and O–H groups in total. The Morgan fingerprint density at radius 3 is 2.65 bits per heavy atom. The van der Waals surface area contributed by atoms with Crippen LogP contribution in [-0.4, -0.2) is 30.8 Å². The Bertz CT molecular complexity index is 542. The minimum atomic E-state index is -2.92. The summed E-state index contributed by atoms with van der Waals surface area (Å²) in [6.45, 7) is 3.79. The van der Waals surface area contributed by atoms with Crippen molar-refractivity contribution < 1.29 is 13.2 Å². The van der Waals surface area contributed by atoms with Gasteiger partial charge in [0.15, 0.2) is 16.1 Å². The molecular weight excluding hydrogens is 238 g/mol. The van der Waals surface area contributed by atoms with Crippen LogP contribution in [0.5, 0.6) is 0 Å². The standard InChI is InChI=1S/C12H17NO3S/c1-9-6-11(7-14)10(2)13(9)12-4-3-5-17(15,16)8-12/h6-7,12H,3-5,8H2,1-2H3. The fourth-order valence-corrected chi connectivity index (χ4v) is 4.36. The molecule has 0 spiro atoms. The van der Waals surface area contributed by atoms with E-state index >= 15 is 0 Å². The topological polar surface area (TPSA) is 56.1 Å². The normalized spacial score (nSPS) is 23.5. The molecule has 0 amide bonds. The van der Waals surface area contributed by atoms with Crippen LogP contribution in [0.4, 0.5) is 0 Å². The van der Waals surface area contributed by atoms with E-state index in [4.69, 9.17) is 0 Å². The Balaban J connectivity index is 2.40. The van der Waals surface area contributed by atoms with Gasteiger partial charge in [-0.1, -0.05) is 0 Å². The lowest BCUT2D eigenvalue weighted by Gasteiger charge is -2.26. The van der Waals surface area contributed by atoms with Crippen LogP contribution in [0.3, 0.4) is 0 Å². The first-order chi connectivity index (χ1) is 7.94. The molecule has 0 aromatic carbocycles. The van der Waals surface area contributed by atoms with Crippen LogP contribution in [0.1, 0.15) is 40.6 Å². The largest absolute Gasteiger partial charge is 0.344 e. The Hall–Kier alpha value is -1.10. The van der Waals surface area contributed by atoms with Gasteiger partial charge < -0.3 is 4.57 Å². The van der Waals surface area contributed by atoms with Gasteiger partial charge in [-0.15, -0.1) is 0 Å². The molecule has 1 fully saturated rings. The molecule has 4 nitrogen and oxygen atoms in total. The van der Waals surface area contributed by atoms with Crippen LogP contribution in [0, 0.1) is 13.8 Å². The van der Waals surface area contributed by atoms with E-state index in [9.17, 15) is 13.2 Å². The molecule has 1 unspecified atom stereocenters. The van der Waals surface area contributed by atoms with Crippen molar-refractivity contribution in [3.8, 4) is 0 Å². The van der Waals surface area contributed by atoms with Gasteiger partial charge in [-0.05, 0) is 32.8 Å². The quantitative estimate of drug-likeness (QED) is 0.755. The average molecular weight is 255 g/mol. The number of sulfone groups is 1. The van der Waals surface area contributed by atoms with Crippen molar-refractivity contribution in [2.45, 2.75) is 32.7 Å². The number of hydrogen-bond acceptors (Lipinski definition) is 3. The van der Waals surface area contributed by atoms with E-state index in [-0.39, 0.29) is 11.8 Å². The summed E-state index contributed by atoms with van der Waals surface area (Å²) in [5.41, 5.74) is 2.50. The first-order valence-electron chi connectivity index (χ1n) is 5.78. The molecule has 1 aromatic heterocycles. The Morgan fingerprint density at radius 1 is 1.41 bits per heavy atom. The van der Waals surface area contributed by atoms with Gasteiger partial charge in [0.25, 0.3) is 0 Å². The maximum Gasteiger partial charge on any atom is 0.152 e. The summed E-state index contributed by atoms with van der Waals surface area (Å²) in [6.07, 6.45) is 2.41. The van der Waals surface area contributed by atoms with Crippen LogP contribution in [0.15, 0.2) is 6.07 Å². The molecule has 1 atom stereocenters. The molecule has 0 saturated carbocycles. The Morgan fingerprint density at radius 2 is 2.12 bits per heavy atom. The highest BCUT2D eigenvalue weighted by Gasteiger charge is 2.27. The number of carbonyl (C=O) groups is 1. The van der Waals surface area contributed by atoms with Gasteiger partial charge in [-0.2, -0.15) is 0 Å². The van der Waals surface area contributed by atoms with E-state index in [1.54, 1.807) is 0 Å². The molecule has 1 aliphatic heterocycles. The SMILES string of the molecule is Cc1cc(C=O)c(C)n1C1CCCS(=O)(=O)C1. The average Bonchev–Trinajstić information content (AvgIpc) is 2.52. The Labute approximate surface area is 102 Å². The molecule has 2 heterocycles. The number of nitrogens with zero attached hydrogens (tertiary/aromatic N) is 1. The van der Waals surface area contributed by atoms with Gasteiger partial charge in [0.1, 0.15) is 0 Å². The molecule has 2 rings (SSSR count). The minimum absolute atomic E-state index is 0.0116. The summed E-state index contributed by atoms with van der Waals surface area (Å²) in [5.74, 6) is 0.491. The van der Waals surface area contributed by atoms with E-state index in [1.807, 2.05) is 24.5 Å². The molecule has 1 aromatic rings. The van der Waals surface area contributed by atoms with E-state index in [2.05, 4.69) is 0 Å². The van der Waals surface area contributed by atoms with Crippen molar-refractivity contribution >= 4 is 16.1 Å². The number of rotatable bonds is 2. The lowest BCUT2D eigenvalue weighted by molar-refractivity contribution is 0.112. The van der Waals surface area contributed by atoms with Crippen molar-refractivity contribution in [2.75, 3.05) is 11.5 Å². The summed E-state index contributed by atoms with van der Waals surface area (Å²) in [7, 11) is -2.92.